The summed E-state index contributed by atoms with van der Waals surface area (Å²) in [5, 5.41) is 6.35. The molecule has 1 aromatic heterocycles. The monoisotopic (exact) mass is 471 g/mol. The van der Waals surface area contributed by atoms with Crippen LogP contribution in [0.25, 0.3) is 0 Å². The number of piperidine rings is 1. The van der Waals surface area contributed by atoms with E-state index < -0.39 is 11.7 Å². The van der Waals surface area contributed by atoms with E-state index in [0.717, 1.165) is 47.8 Å². The Morgan fingerprint density at radius 3 is 2.68 bits per heavy atom. The minimum absolute atomic E-state index is 0.0172. The number of nitrogen functional groups attached to an aromatic ring is 1. The van der Waals surface area contributed by atoms with Gasteiger partial charge >= 0.3 is 6.09 Å². The van der Waals surface area contributed by atoms with E-state index in [4.69, 9.17) is 19.9 Å². The second kappa shape index (κ2) is 10.7. The van der Waals surface area contributed by atoms with Crippen molar-refractivity contribution in [3.63, 3.8) is 0 Å². The van der Waals surface area contributed by atoms with Gasteiger partial charge in [0.05, 0.1) is 25.6 Å². The zero-order chi connectivity index (χ0) is 24.9. The average molecular weight is 472 g/mol. The third-order valence-electron chi connectivity index (χ3n) is 5.59. The van der Waals surface area contributed by atoms with Gasteiger partial charge in [0.1, 0.15) is 17.1 Å². The third kappa shape index (κ3) is 6.59. The van der Waals surface area contributed by atoms with E-state index in [0.29, 0.717) is 24.6 Å². The van der Waals surface area contributed by atoms with E-state index in [2.05, 4.69) is 20.5 Å². The van der Waals surface area contributed by atoms with Crippen LogP contribution in [-0.2, 0) is 11.3 Å². The molecule has 1 saturated heterocycles. The number of nitrogens with two attached hydrogens (primary N) is 1. The van der Waals surface area contributed by atoms with Crippen LogP contribution in [0, 0.1) is 6.92 Å². The highest BCUT2D eigenvalue weighted by Gasteiger charge is 2.26. The van der Waals surface area contributed by atoms with Crippen LogP contribution in [0.15, 0.2) is 24.3 Å². The van der Waals surface area contributed by atoms with Gasteiger partial charge in [0.15, 0.2) is 5.82 Å². The summed E-state index contributed by atoms with van der Waals surface area (Å²) in [5.74, 6) is 2.08. The number of nitrogens with zero attached hydrogens (tertiary/aromatic N) is 2. The molecule has 1 aliphatic heterocycles. The lowest BCUT2D eigenvalue weighted by Crippen LogP contribution is -2.49. The Morgan fingerprint density at radius 1 is 1.24 bits per heavy atom. The normalized spacial score (nSPS) is 16.1. The molecule has 0 aliphatic carbocycles. The molecule has 0 spiro atoms. The van der Waals surface area contributed by atoms with E-state index in [1.165, 1.54) is 0 Å². The van der Waals surface area contributed by atoms with E-state index >= 15 is 0 Å². The first kappa shape index (κ1) is 25.3. The van der Waals surface area contributed by atoms with E-state index in [1.807, 2.05) is 52.0 Å². The summed E-state index contributed by atoms with van der Waals surface area (Å²) < 4.78 is 16.2. The van der Waals surface area contributed by atoms with Crippen molar-refractivity contribution in [1.29, 1.82) is 0 Å². The number of benzene rings is 1. The second-order valence-electron chi connectivity index (χ2n) is 9.51. The molecule has 34 heavy (non-hydrogen) atoms. The minimum atomic E-state index is -0.530. The van der Waals surface area contributed by atoms with Crippen molar-refractivity contribution in [3.8, 4) is 11.5 Å². The van der Waals surface area contributed by atoms with Crippen molar-refractivity contribution in [2.45, 2.75) is 58.7 Å². The molecule has 0 radical (unpaired) electrons. The van der Waals surface area contributed by atoms with Gasteiger partial charge in [0.2, 0.25) is 0 Å². The SMILES string of the molecule is COc1ccc(CNc2nc(C)cc(N3CCC[C@@H](NC(=O)OC(C)(C)C)C3)c2N)c(OC)c1. The van der Waals surface area contributed by atoms with Crippen molar-refractivity contribution >= 4 is 23.3 Å². The van der Waals surface area contributed by atoms with Crippen LogP contribution in [0.4, 0.5) is 22.0 Å². The molecule has 0 saturated carbocycles. The Hall–Kier alpha value is -3.36. The maximum Gasteiger partial charge on any atom is 0.407 e. The summed E-state index contributed by atoms with van der Waals surface area (Å²) in [6, 6.07) is 7.67. The molecule has 1 amide bonds. The lowest BCUT2D eigenvalue weighted by atomic mass is 10.0. The summed E-state index contributed by atoms with van der Waals surface area (Å²) in [7, 11) is 3.26. The fourth-order valence-corrected chi connectivity index (χ4v) is 4.03. The average Bonchev–Trinajstić information content (AvgIpc) is 2.78. The molecule has 1 fully saturated rings. The van der Waals surface area contributed by atoms with Crippen molar-refractivity contribution < 1.29 is 19.0 Å². The van der Waals surface area contributed by atoms with Gasteiger partial charge in [-0.05, 0) is 58.7 Å². The number of hydrogen-bond donors (Lipinski definition) is 3. The molecule has 2 heterocycles. The summed E-state index contributed by atoms with van der Waals surface area (Å²) in [4.78, 5) is 19.1. The number of pyridine rings is 1. The fraction of sp³-hybridized carbons (Fsp3) is 0.520. The fourth-order valence-electron chi connectivity index (χ4n) is 4.03. The van der Waals surface area contributed by atoms with Crippen LogP contribution in [0.2, 0.25) is 0 Å². The van der Waals surface area contributed by atoms with Gasteiger partial charge in [-0.3, -0.25) is 0 Å². The van der Waals surface area contributed by atoms with Crippen LogP contribution < -0.4 is 30.7 Å². The van der Waals surface area contributed by atoms with Gasteiger partial charge in [-0.2, -0.15) is 0 Å². The van der Waals surface area contributed by atoms with Crippen LogP contribution in [0.1, 0.15) is 44.9 Å². The third-order valence-corrected chi connectivity index (χ3v) is 5.59. The number of aromatic nitrogens is 1. The second-order valence-corrected chi connectivity index (χ2v) is 9.51. The molecule has 1 atom stereocenters. The highest BCUT2D eigenvalue weighted by Crippen LogP contribution is 2.33. The number of hydrogen-bond acceptors (Lipinski definition) is 8. The number of nitrogens with one attached hydrogen (secondary N) is 2. The van der Waals surface area contributed by atoms with Crippen molar-refractivity contribution in [3.05, 3.63) is 35.5 Å². The van der Waals surface area contributed by atoms with Gasteiger partial charge in [0.25, 0.3) is 0 Å². The predicted molar refractivity (Wildman–Crippen MR) is 135 cm³/mol. The largest absolute Gasteiger partial charge is 0.497 e. The summed E-state index contributed by atoms with van der Waals surface area (Å²) in [6.07, 6.45) is 1.43. The van der Waals surface area contributed by atoms with E-state index in [-0.39, 0.29) is 6.04 Å². The zero-order valence-electron chi connectivity index (χ0n) is 21.0. The lowest BCUT2D eigenvalue weighted by Gasteiger charge is -2.36. The van der Waals surface area contributed by atoms with Crippen molar-refractivity contribution in [2.75, 3.05) is 43.3 Å². The Kier molecular flexibility index (Phi) is 7.96. The Labute approximate surface area is 202 Å². The van der Waals surface area contributed by atoms with Crippen LogP contribution in [0.5, 0.6) is 11.5 Å². The molecule has 4 N–H and O–H groups in total. The molecular weight excluding hydrogens is 434 g/mol. The van der Waals surface area contributed by atoms with Crippen LogP contribution in [0.3, 0.4) is 0 Å². The van der Waals surface area contributed by atoms with Crippen LogP contribution in [-0.4, -0.2) is 50.0 Å². The number of alkyl carbamates (subject to hydrolysis) is 1. The predicted octanol–water partition coefficient (Wildman–Crippen LogP) is 4.10. The maximum atomic E-state index is 12.2. The Bertz CT molecular complexity index is 1010. The first-order valence-electron chi connectivity index (χ1n) is 11.6. The molecule has 2 aromatic rings. The smallest absolute Gasteiger partial charge is 0.407 e. The van der Waals surface area contributed by atoms with E-state index in [9.17, 15) is 4.79 Å². The number of aryl methyl sites for hydroxylation is 1. The van der Waals surface area contributed by atoms with Gasteiger partial charge in [0, 0.05) is 43.0 Å². The van der Waals surface area contributed by atoms with Crippen molar-refractivity contribution in [2.24, 2.45) is 0 Å². The molecule has 9 heteroatoms. The first-order chi connectivity index (χ1) is 16.1. The van der Waals surface area contributed by atoms with Gasteiger partial charge < -0.3 is 35.5 Å². The number of carbonyl (C=O) groups excluding carboxylic acids is 1. The standard InChI is InChI=1S/C25H37N5O4/c1-16-12-20(30-11-7-8-18(15-30)29-24(31)34-25(2,3)4)22(26)23(28-16)27-14-17-9-10-19(32-5)13-21(17)33-6/h9-10,12-13,18H,7-8,11,14-15,26H2,1-6H3,(H,27,28)(H,29,31)/t18-/m1/s1. The lowest BCUT2D eigenvalue weighted by molar-refractivity contribution is 0.0500. The summed E-state index contributed by atoms with van der Waals surface area (Å²) >= 11 is 0. The van der Waals surface area contributed by atoms with Gasteiger partial charge in [-0.1, -0.05) is 0 Å². The molecule has 9 nitrogen and oxygen atoms in total. The number of rotatable bonds is 7. The highest BCUT2D eigenvalue weighted by molar-refractivity contribution is 5.79. The zero-order valence-corrected chi connectivity index (χ0v) is 21.0. The quantitative estimate of drug-likeness (QED) is 0.554. The number of amides is 1. The summed E-state index contributed by atoms with van der Waals surface area (Å²) in [5.41, 5.74) is 9.35. The number of carbonyl (C=O) groups is 1. The maximum absolute atomic E-state index is 12.2. The van der Waals surface area contributed by atoms with Gasteiger partial charge in [-0.15, -0.1) is 0 Å². The number of anilines is 3. The van der Waals surface area contributed by atoms with E-state index in [1.54, 1.807) is 14.2 Å². The topological polar surface area (TPSA) is 111 Å². The molecule has 186 valence electrons. The van der Waals surface area contributed by atoms with Crippen molar-refractivity contribution in [1.82, 2.24) is 10.3 Å². The molecule has 1 aromatic carbocycles. The molecule has 0 bridgehead atoms. The Morgan fingerprint density at radius 2 is 2.00 bits per heavy atom. The minimum Gasteiger partial charge on any atom is -0.497 e. The molecule has 0 unspecified atom stereocenters. The molecule has 1 aliphatic rings. The summed E-state index contributed by atoms with van der Waals surface area (Å²) in [6.45, 7) is 9.52. The Balaban J connectivity index is 1.73. The molecular formula is C25H37N5O4. The van der Waals surface area contributed by atoms with Crippen LogP contribution >= 0.6 is 0 Å². The number of methoxy groups -OCH3 is 2. The highest BCUT2D eigenvalue weighted by atomic mass is 16.6. The number of ether oxygens (including phenoxy) is 3. The molecule has 3 rings (SSSR count). The first-order valence-corrected chi connectivity index (χ1v) is 11.6. The van der Waals surface area contributed by atoms with Gasteiger partial charge in [-0.25, -0.2) is 9.78 Å².